The Balaban J connectivity index is 2.18. The summed E-state index contributed by atoms with van der Waals surface area (Å²) in [4.78, 5) is 22.4. The molecule has 2 bridgehead atoms. The van der Waals surface area contributed by atoms with Crippen LogP contribution in [0.3, 0.4) is 0 Å². The van der Waals surface area contributed by atoms with Crippen LogP contribution in [0.4, 0.5) is 0 Å². The van der Waals surface area contributed by atoms with E-state index in [0.29, 0.717) is 19.3 Å². The quantitative estimate of drug-likeness (QED) is 0.374. The lowest BCUT2D eigenvalue weighted by molar-refractivity contribution is -0.154. The van der Waals surface area contributed by atoms with Gasteiger partial charge >= 0.3 is 5.97 Å². The monoisotopic (exact) mass is 196 g/mol. The number of rotatable bonds is 3. The van der Waals surface area contributed by atoms with Crippen molar-refractivity contribution in [2.75, 3.05) is 6.61 Å². The third-order valence-corrected chi connectivity index (χ3v) is 2.69. The fourth-order valence-electron chi connectivity index (χ4n) is 2.01. The van der Waals surface area contributed by atoms with Gasteiger partial charge in [0.1, 0.15) is 0 Å². The van der Waals surface area contributed by atoms with Gasteiger partial charge in [-0.05, 0) is 19.4 Å². The lowest BCUT2D eigenvalue weighted by Crippen LogP contribution is -2.39. The van der Waals surface area contributed by atoms with Gasteiger partial charge in [-0.3, -0.25) is 9.59 Å². The van der Waals surface area contributed by atoms with E-state index < -0.39 is 11.5 Å². The standard InChI is InChI=1S/C10H12O4/c1-2-13-9(12)8-5-7-3-4-10(8,6-11)14-7/h3-4,6-8H,2,5H2,1H3. The molecule has 0 radical (unpaired) electrons. The Hall–Kier alpha value is -1.16. The lowest BCUT2D eigenvalue weighted by atomic mass is 9.84. The second-order valence-corrected chi connectivity index (χ2v) is 3.53. The lowest BCUT2D eigenvalue weighted by Gasteiger charge is -2.22. The molecule has 3 unspecified atom stereocenters. The van der Waals surface area contributed by atoms with Gasteiger partial charge in [-0.1, -0.05) is 6.08 Å². The van der Waals surface area contributed by atoms with Crippen LogP contribution in [0.5, 0.6) is 0 Å². The number of esters is 1. The van der Waals surface area contributed by atoms with Crippen molar-refractivity contribution in [2.24, 2.45) is 5.92 Å². The molecule has 4 nitrogen and oxygen atoms in total. The Morgan fingerprint density at radius 2 is 2.57 bits per heavy atom. The minimum Gasteiger partial charge on any atom is -0.466 e. The summed E-state index contributed by atoms with van der Waals surface area (Å²) in [6.07, 6.45) is 4.63. The Labute approximate surface area is 81.9 Å². The van der Waals surface area contributed by atoms with E-state index in [1.165, 1.54) is 0 Å². The Bertz CT molecular complexity index is 296. The zero-order chi connectivity index (χ0) is 10.2. The molecule has 76 valence electrons. The first kappa shape index (κ1) is 9.40. The number of hydrogen-bond donors (Lipinski definition) is 0. The summed E-state index contributed by atoms with van der Waals surface area (Å²) < 4.78 is 10.3. The van der Waals surface area contributed by atoms with E-state index in [0.717, 1.165) is 0 Å². The fraction of sp³-hybridized carbons (Fsp3) is 0.600. The topological polar surface area (TPSA) is 52.6 Å². The molecule has 0 saturated carbocycles. The fourth-order valence-corrected chi connectivity index (χ4v) is 2.01. The predicted octanol–water partition coefficient (Wildman–Crippen LogP) is 0.462. The Kier molecular flexibility index (Phi) is 2.15. The van der Waals surface area contributed by atoms with E-state index in [9.17, 15) is 9.59 Å². The van der Waals surface area contributed by atoms with Crippen LogP contribution in [0, 0.1) is 5.92 Å². The van der Waals surface area contributed by atoms with Crippen molar-refractivity contribution in [1.29, 1.82) is 0 Å². The third-order valence-electron chi connectivity index (χ3n) is 2.69. The van der Waals surface area contributed by atoms with Gasteiger partial charge in [-0.15, -0.1) is 0 Å². The van der Waals surface area contributed by atoms with Crippen molar-refractivity contribution in [3.05, 3.63) is 12.2 Å². The van der Waals surface area contributed by atoms with Crippen LogP contribution in [0.25, 0.3) is 0 Å². The van der Waals surface area contributed by atoms with Crippen molar-refractivity contribution >= 4 is 12.3 Å². The average molecular weight is 196 g/mol. The molecule has 14 heavy (non-hydrogen) atoms. The van der Waals surface area contributed by atoms with E-state index in [2.05, 4.69) is 0 Å². The zero-order valence-electron chi connectivity index (χ0n) is 7.93. The van der Waals surface area contributed by atoms with Crippen LogP contribution in [-0.2, 0) is 19.1 Å². The van der Waals surface area contributed by atoms with Gasteiger partial charge in [0.2, 0.25) is 0 Å². The van der Waals surface area contributed by atoms with Crippen LogP contribution in [0.15, 0.2) is 12.2 Å². The molecule has 2 aliphatic rings. The van der Waals surface area contributed by atoms with Crippen LogP contribution in [0.2, 0.25) is 0 Å². The summed E-state index contributed by atoms with van der Waals surface area (Å²) in [6, 6.07) is 0. The van der Waals surface area contributed by atoms with E-state index in [4.69, 9.17) is 9.47 Å². The van der Waals surface area contributed by atoms with Crippen LogP contribution in [0.1, 0.15) is 13.3 Å². The maximum atomic E-state index is 11.5. The van der Waals surface area contributed by atoms with E-state index >= 15 is 0 Å². The third kappa shape index (κ3) is 1.18. The molecule has 2 aliphatic heterocycles. The summed E-state index contributed by atoms with van der Waals surface area (Å²) in [7, 11) is 0. The molecule has 0 aromatic rings. The minimum absolute atomic E-state index is 0.102. The SMILES string of the molecule is CCOC(=O)C1CC2C=CC1(C=O)O2. The highest BCUT2D eigenvalue weighted by atomic mass is 16.6. The van der Waals surface area contributed by atoms with Crippen molar-refractivity contribution < 1.29 is 19.1 Å². The highest BCUT2D eigenvalue weighted by molar-refractivity contribution is 5.84. The van der Waals surface area contributed by atoms with Gasteiger partial charge in [0.05, 0.1) is 18.6 Å². The van der Waals surface area contributed by atoms with Gasteiger partial charge in [-0.2, -0.15) is 0 Å². The van der Waals surface area contributed by atoms with E-state index in [1.54, 1.807) is 13.0 Å². The second kappa shape index (κ2) is 3.20. The molecule has 2 rings (SSSR count). The first-order valence-corrected chi connectivity index (χ1v) is 4.72. The van der Waals surface area contributed by atoms with Gasteiger partial charge in [0.25, 0.3) is 0 Å². The molecule has 0 aliphatic carbocycles. The second-order valence-electron chi connectivity index (χ2n) is 3.53. The number of carbonyl (C=O) groups excluding carboxylic acids is 2. The van der Waals surface area contributed by atoms with Crippen molar-refractivity contribution in [3.8, 4) is 0 Å². The van der Waals surface area contributed by atoms with Crippen molar-refractivity contribution in [1.82, 2.24) is 0 Å². The summed E-state index contributed by atoms with van der Waals surface area (Å²) in [5.41, 5.74) is -1.04. The van der Waals surface area contributed by atoms with Crippen LogP contribution >= 0.6 is 0 Å². The highest BCUT2D eigenvalue weighted by Crippen LogP contribution is 2.42. The summed E-state index contributed by atoms with van der Waals surface area (Å²) in [5.74, 6) is -0.804. The van der Waals surface area contributed by atoms with Gasteiger partial charge in [0.15, 0.2) is 11.9 Å². The largest absolute Gasteiger partial charge is 0.466 e. The highest BCUT2D eigenvalue weighted by Gasteiger charge is 2.54. The molecule has 0 spiro atoms. The van der Waals surface area contributed by atoms with Crippen LogP contribution in [-0.4, -0.2) is 30.6 Å². The molecule has 0 amide bonds. The summed E-state index contributed by atoms with van der Waals surface area (Å²) >= 11 is 0. The Morgan fingerprint density at radius 3 is 3.14 bits per heavy atom. The number of fused-ring (bicyclic) bond motifs is 2. The molecule has 4 heteroatoms. The Morgan fingerprint density at radius 1 is 1.79 bits per heavy atom. The first-order chi connectivity index (χ1) is 6.72. The van der Waals surface area contributed by atoms with Crippen molar-refractivity contribution in [3.63, 3.8) is 0 Å². The zero-order valence-corrected chi connectivity index (χ0v) is 7.93. The summed E-state index contributed by atoms with van der Waals surface area (Å²) in [5, 5.41) is 0. The van der Waals surface area contributed by atoms with E-state index in [-0.39, 0.29) is 12.1 Å². The number of ether oxygens (including phenoxy) is 2. The smallest absolute Gasteiger partial charge is 0.312 e. The number of aldehydes is 1. The van der Waals surface area contributed by atoms with E-state index in [1.807, 2.05) is 6.08 Å². The molecule has 0 N–H and O–H groups in total. The van der Waals surface area contributed by atoms with Gasteiger partial charge < -0.3 is 9.47 Å². The van der Waals surface area contributed by atoms with Crippen LogP contribution < -0.4 is 0 Å². The number of hydrogen-bond acceptors (Lipinski definition) is 4. The number of carbonyl (C=O) groups is 2. The average Bonchev–Trinajstić information content (AvgIpc) is 2.75. The molecular formula is C10H12O4. The first-order valence-electron chi connectivity index (χ1n) is 4.72. The molecule has 2 heterocycles. The summed E-state index contributed by atoms with van der Waals surface area (Å²) in [6.45, 7) is 2.08. The molecule has 3 atom stereocenters. The predicted molar refractivity (Wildman–Crippen MR) is 47.5 cm³/mol. The van der Waals surface area contributed by atoms with Gasteiger partial charge in [-0.25, -0.2) is 0 Å². The maximum absolute atomic E-state index is 11.5. The normalized spacial score (nSPS) is 38.6. The van der Waals surface area contributed by atoms with Crippen molar-refractivity contribution in [2.45, 2.75) is 25.0 Å². The molecule has 0 aromatic carbocycles. The molecule has 0 aromatic heterocycles. The molecular weight excluding hydrogens is 184 g/mol. The van der Waals surface area contributed by atoms with Gasteiger partial charge in [0, 0.05) is 0 Å². The maximum Gasteiger partial charge on any atom is 0.312 e. The minimum atomic E-state index is -1.04. The molecule has 1 fully saturated rings. The molecule has 1 saturated heterocycles.